The number of nitrogens with zero attached hydrogens (tertiary/aromatic N) is 1. The summed E-state index contributed by atoms with van der Waals surface area (Å²) in [5.74, 6) is -0.549. The van der Waals surface area contributed by atoms with Crippen molar-refractivity contribution in [1.29, 1.82) is 0 Å². The Hall–Kier alpha value is -1.63. The fourth-order valence-electron chi connectivity index (χ4n) is 1.64. The van der Waals surface area contributed by atoms with Crippen molar-refractivity contribution in [3.05, 3.63) is 35.0 Å². The van der Waals surface area contributed by atoms with Crippen LogP contribution in [0.2, 0.25) is 5.02 Å². The number of benzene rings is 1. The van der Waals surface area contributed by atoms with Gasteiger partial charge < -0.3 is 14.8 Å². The molecule has 2 aromatic rings. The quantitative estimate of drug-likeness (QED) is 0.605. The van der Waals surface area contributed by atoms with Gasteiger partial charge in [-0.25, -0.2) is 4.79 Å². The van der Waals surface area contributed by atoms with Gasteiger partial charge in [0, 0.05) is 22.1 Å². The van der Waals surface area contributed by atoms with Gasteiger partial charge >= 0.3 is 13.1 Å². The van der Waals surface area contributed by atoms with Crippen LogP contribution in [0, 0.1) is 0 Å². The highest BCUT2D eigenvalue weighted by atomic mass is 35.5. The Balaban J connectivity index is 2.70. The van der Waals surface area contributed by atoms with Crippen LogP contribution in [0.4, 0.5) is 0 Å². The second-order valence-corrected chi connectivity index (χ2v) is 4.10. The zero-order valence-corrected chi connectivity index (χ0v) is 10.2. The van der Waals surface area contributed by atoms with Crippen LogP contribution in [-0.4, -0.2) is 35.2 Å². The van der Waals surface area contributed by atoms with E-state index in [1.165, 1.54) is 25.4 Å². The molecule has 1 aromatic heterocycles. The molecule has 92 valence electrons. The lowest BCUT2D eigenvalue weighted by molar-refractivity contribution is 0.0603. The van der Waals surface area contributed by atoms with Gasteiger partial charge in [-0.3, -0.25) is 4.98 Å². The van der Waals surface area contributed by atoms with Crippen molar-refractivity contribution in [2.24, 2.45) is 0 Å². The molecule has 0 saturated carbocycles. The molecule has 1 aromatic carbocycles. The first-order valence-corrected chi connectivity index (χ1v) is 5.44. The van der Waals surface area contributed by atoms with Crippen molar-refractivity contribution < 1.29 is 19.6 Å². The van der Waals surface area contributed by atoms with E-state index in [9.17, 15) is 4.79 Å². The van der Waals surface area contributed by atoms with Crippen LogP contribution >= 0.6 is 11.6 Å². The minimum absolute atomic E-state index is 0.223. The fourth-order valence-corrected chi connectivity index (χ4v) is 1.86. The molecule has 18 heavy (non-hydrogen) atoms. The molecule has 7 heteroatoms. The smallest absolute Gasteiger partial charge is 0.465 e. The summed E-state index contributed by atoms with van der Waals surface area (Å²) in [6, 6.07) is 4.55. The molecule has 0 spiro atoms. The molecular weight excluding hydrogens is 256 g/mol. The summed E-state index contributed by atoms with van der Waals surface area (Å²) in [4.78, 5) is 15.6. The van der Waals surface area contributed by atoms with Crippen LogP contribution in [0.15, 0.2) is 24.4 Å². The van der Waals surface area contributed by atoms with Crippen LogP contribution in [0.5, 0.6) is 0 Å². The molecule has 2 N–H and O–H groups in total. The number of halogens is 1. The minimum atomic E-state index is -1.62. The highest BCUT2D eigenvalue weighted by Crippen LogP contribution is 2.22. The second kappa shape index (κ2) is 4.93. The van der Waals surface area contributed by atoms with E-state index in [1.54, 1.807) is 6.07 Å². The van der Waals surface area contributed by atoms with Crippen molar-refractivity contribution >= 4 is 41.1 Å². The molecule has 5 nitrogen and oxygen atoms in total. The molecule has 0 unspecified atom stereocenters. The van der Waals surface area contributed by atoms with E-state index in [1.807, 2.05) is 0 Å². The zero-order chi connectivity index (χ0) is 13.3. The number of methoxy groups -OCH3 is 1. The van der Waals surface area contributed by atoms with Crippen molar-refractivity contribution in [3.8, 4) is 0 Å². The molecule has 0 aliphatic carbocycles. The number of ether oxygens (including phenoxy) is 1. The minimum Gasteiger partial charge on any atom is -0.465 e. The van der Waals surface area contributed by atoms with Crippen molar-refractivity contribution in [2.75, 3.05) is 7.11 Å². The third kappa shape index (κ3) is 2.31. The average Bonchev–Trinajstić information content (AvgIpc) is 2.35. The summed E-state index contributed by atoms with van der Waals surface area (Å²) in [5, 5.41) is 19.0. The van der Waals surface area contributed by atoms with Crippen LogP contribution in [0.1, 0.15) is 10.4 Å². The topological polar surface area (TPSA) is 79.7 Å². The van der Waals surface area contributed by atoms with E-state index in [2.05, 4.69) is 9.72 Å². The normalized spacial score (nSPS) is 10.4. The van der Waals surface area contributed by atoms with Gasteiger partial charge in [-0.15, -0.1) is 0 Å². The van der Waals surface area contributed by atoms with Gasteiger partial charge in [0.2, 0.25) is 0 Å². The maximum atomic E-state index is 11.6. The predicted molar refractivity (Wildman–Crippen MR) is 67.9 cm³/mol. The van der Waals surface area contributed by atoms with Crippen LogP contribution in [0.25, 0.3) is 10.9 Å². The van der Waals surface area contributed by atoms with Gasteiger partial charge in [0.15, 0.2) is 0 Å². The molecule has 0 atom stereocenters. The highest BCUT2D eigenvalue weighted by Gasteiger charge is 2.16. The number of rotatable bonds is 2. The fraction of sp³-hybridized carbons (Fsp3) is 0.0909. The van der Waals surface area contributed by atoms with E-state index in [-0.39, 0.29) is 11.0 Å². The molecule has 0 bridgehead atoms. The monoisotopic (exact) mass is 265 g/mol. The van der Waals surface area contributed by atoms with Gasteiger partial charge in [0.25, 0.3) is 0 Å². The predicted octanol–water partition coefficient (Wildman–Crippen LogP) is 0.355. The Labute approximate surface area is 108 Å². The second-order valence-electron chi connectivity index (χ2n) is 3.66. The Bertz CT molecular complexity index is 617. The first kappa shape index (κ1) is 12.8. The lowest BCUT2D eigenvalue weighted by atomic mass is 9.81. The molecule has 0 fully saturated rings. The Morgan fingerprint density at radius 2 is 2.11 bits per heavy atom. The third-order valence-electron chi connectivity index (χ3n) is 2.47. The zero-order valence-electron chi connectivity index (χ0n) is 9.42. The van der Waals surface area contributed by atoms with Gasteiger partial charge in [-0.05, 0) is 12.1 Å². The number of esters is 1. The SMILES string of the molecule is COC(=O)c1cc(Cl)cc2cc(B(O)O)cnc12. The summed E-state index contributed by atoms with van der Waals surface area (Å²) in [5.41, 5.74) is 0.857. The van der Waals surface area contributed by atoms with E-state index in [4.69, 9.17) is 21.6 Å². The summed E-state index contributed by atoms with van der Waals surface area (Å²) >= 11 is 5.90. The Morgan fingerprint density at radius 3 is 2.72 bits per heavy atom. The number of fused-ring (bicyclic) bond motifs is 1. The first-order valence-electron chi connectivity index (χ1n) is 5.06. The maximum Gasteiger partial charge on any atom is 0.490 e. The number of hydrogen-bond acceptors (Lipinski definition) is 5. The summed E-state index contributed by atoms with van der Waals surface area (Å²) in [6.07, 6.45) is 1.29. The number of pyridine rings is 1. The maximum absolute atomic E-state index is 11.6. The molecule has 2 rings (SSSR count). The molecule has 0 saturated heterocycles. The lowest BCUT2D eigenvalue weighted by Gasteiger charge is -2.07. The van der Waals surface area contributed by atoms with Crippen molar-refractivity contribution in [1.82, 2.24) is 4.98 Å². The molecule has 0 aliphatic heterocycles. The average molecular weight is 265 g/mol. The summed E-state index contributed by atoms with van der Waals surface area (Å²) in [7, 11) is -0.358. The Kier molecular flexibility index (Phi) is 3.51. The van der Waals surface area contributed by atoms with E-state index < -0.39 is 13.1 Å². The van der Waals surface area contributed by atoms with Crippen LogP contribution in [-0.2, 0) is 4.74 Å². The largest absolute Gasteiger partial charge is 0.490 e. The first-order chi connectivity index (χ1) is 8.52. The van der Waals surface area contributed by atoms with Gasteiger partial charge in [-0.2, -0.15) is 0 Å². The molecule has 1 heterocycles. The van der Waals surface area contributed by atoms with Crippen LogP contribution in [0.3, 0.4) is 0 Å². The van der Waals surface area contributed by atoms with E-state index in [0.29, 0.717) is 15.9 Å². The van der Waals surface area contributed by atoms with Gasteiger partial charge in [0.1, 0.15) is 0 Å². The standard InChI is InChI=1S/C11H9BClNO4/c1-18-11(15)9-4-8(13)3-6-2-7(12(16)17)5-14-10(6)9/h2-5,16-17H,1H3. The summed E-state index contributed by atoms with van der Waals surface area (Å²) in [6.45, 7) is 0. The number of aromatic nitrogens is 1. The number of carbonyl (C=O) groups is 1. The van der Waals surface area contributed by atoms with Crippen molar-refractivity contribution in [3.63, 3.8) is 0 Å². The third-order valence-corrected chi connectivity index (χ3v) is 2.69. The van der Waals surface area contributed by atoms with Gasteiger partial charge in [-0.1, -0.05) is 17.7 Å². The molecule has 0 aliphatic rings. The lowest BCUT2D eigenvalue weighted by Crippen LogP contribution is -2.30. The molecule has 0 amide bonds. The van der Waals surface area contributed by atoms with Crippen molar-refractivity contribution in [2.45, 2.75) is 0 Å². The molecule has 0 radical (unpaired) electrons. The Morgan fingerprint density at radius 1 is 1.39 bits per heavy atom. The van der Waals surface area contributed by atoms with E-state index in [0.717, 1.165) is 0 Å². The summed E-state index contributed by atoms with van der Waals surface area (Å²) < 4.78 is 4.64. The van der Waals surface area contributed by atoms with Gasteiger partial charge in [0.05, 0.1) is 18.2 Å². The number of hydrogen-bond donors (Lipinski definition) is 2. The van der Waals surface area contributed by atoms with E-state index >= 15 is 0 Å². The highest BCUT2D eigenvalue weighted by molar-refractivity contribution is 6.58. The van der Waals surface area contributed by atoms with Crippen LogP contribution < -0.4 is 5.46 Å². The number of carbonyl (C=O) groups excluding carboxylic acids is 1. The molecular formula is C11H9BClNO4.